The molecular formula is C15H23NO2S. The molecule has 0 aliphatic heterocycles. The third-order valence-electron chi connectivity index (χ3n) is 3.24. The lowest BCUT2D eigenvalue weighted by Gasteiger charge is -2.24. The van der Waals surface area contributed by atoms with Crippen LogP contribution >= 0.6 is 11.8 Å². The van der Waals surface area contributed by atoms with Gasteiger partial charge < -0.3 is 5.11 Å². The standard InChI is InChI=1S/C15H23NO2S/c1-4-19-9-8-12(2)16(3)11-13-6-5-7-14(10-13)15(17)18/h5-7,10,12H,4,8-9,11H2,1-3H3,(H,17,18). The van der Waals surface area contributed by atoms with E-state index < -0.39 is 5.97 Å². The van der Waals surface area contributed by atoms with E-state index in [1.165, 1.54) is 5.75 Å². The maximum atomic E-state index is 10.9. The number of rotatable bonds is 8. The lowest BCUT2D eigenvalue weighted by Crippen LogP contribution is -2.29. The van der Waals surface area contributed by atoms with E-state index in [-0.39, 0.29) is 0 Å². The van der Waals surface area contributed by atoms with Crippen LogP contribution in [-0.4, -0.2) is 40.6 Å². The monoisotopic (exact) mass is 281 g/mol. The van der Waals surface area contributed by atoms with Crippen molar-refractivity contribution in [2.45, 2.75) is 32.9 Å². The molecule has 0 aliphatic rings. The summed E-state index contributed by atoms with van der Waals surface area (Å²) in [5.74, 6) is 1.48. The highest BCUT2D eigenvalue weighted by molar-refractivity contribution is 7.99. The van der Waals surface area contributed by atoms with Crippen LogP contribution in [0.4, 0.5) is 0 Å². The smallest absolute Gasteiger partial charge is 0.335 e. The van der Waals surface area contributed by atoms with E-state index in [1.807, 2.05) is 23.9 Å². The topological polar surface area (TPSA) is 40.5 Å². The molecule has 0 saturated carbocycles. The molecule has 0 aromatic heterocycles. The van der Waals surface area contributed by atoms with Crippen molar-refractivity contribution in [1.29, 1.82) is 0 Å². The van der Waals surface area contributed by atoms with Crippen molar-refractivity contribution in [2.75, 3.05) is 18.6 Å². The zero-order valence-electron chi connectivity index (χ0n) is 11.9. The normalized spacial score (nSPS) is 12.6. The Hall–Kier alpha value is -1.00. The van der Waals surface area contributed by atoms with Crippen LogP contribution in [0.5, 0.6) is 0 Å². The molecule has 0 radical (unpaired) electrons. The molecule has 0 heterocycles. The highest BCUT2D eigenvalue weighted by Crippen LogP contribution is 2.13. The number of hydrogen-bond donors (Lipinski definition) is 1. The summed E-state index contributed by atoms with van der Waals surface area (Å²) in [6.45, 7) is 5.19. The molecule has 0 bridgehead atoms. The van der Waals surface area contributed by atoms with E-state index in [2.05, 4.69) is 25.8 Å². The summed E-state index contributed by atoms with van der Waals surface area (Å²) in [6.07, 6.45) is 1.16. The number of carboxylic acids is 1. The molecular weight excluding hydrogens is 258 g/mol. The second kappa shape index (κ2) is 8.23. The number of thioether (sulfide) groups is 1. The van der Waals surface area contributed by atoms with E-state index in [4.69, 9.17) is 5.11 Å². The van der Waals surface area contributed by atoms with Gasteiger partial charge in [-0.2, -0.15) is 11.8 Å². The minimum atomic E-state index is -0.864. The Morgan fingerprint density at radius 2 is 2.21 bits per heavy atom. The van der Waals surface area contributed by atoms with Gasteiger partial charge in [-0.15, -0.1) is 0 Å². The van der Waals surface area contributed by atoms with Gasteiger partial charge in [-0.1, -0.05) is 19.1 Å². The fourth-order valence-electron chi connectivity index (χ4n) is 1.87. The van der Waals surface area contributed by atoms with E-state index in [1.54, 1.807) is 12.1 Å². The summed E-state index contributed by atoms with van der Waals surface area (Å²) in [6, 6.07) is 7.69. The minimum Gasteiger partial charge on any atom is -0.478 e. The van der Waals surface area contributed by atoms with Crippen molar-refractivity contribution in [3.05, 3.63) is 35.4 Å². The summed E-state index contributed by atoms with van der Waals surface area (Å²) in [7, 11) is 2.09. The Morgan fingerprint density at radius 3 is 2.84 bits per heavy atom. The Balaban J connectivity index is 2.53. The zero-order chi connectivity index (χ0) is 14.3. The van der Waals surface area contributed by atoms with Crippen molar-refractivity contribution >= 4 is 17.7 Å². The van der Waals surface area contributed by atoms with Crippen LogP contribution in [0.3, 0.4) is 0 Å². The van der Waals surface area contributed by atoms with Crippen molar-refractivity contribution in [3.63, 3.8) is 0 Å². The van der Waals surface area contributed by atoms with Crippen LogP contribution in [0.15, 0.2) is 24.3 Å². The van der Waals surface area contributed by atoms with Crippen LogP contribution in [0.1, 0.15) is 36.2 Å². The fraction of sp³-hybridized carbons (Fsp3) is 0.533. The van der Waals surface area contributed by atoms with Gasteiger partial charge in [-0.3, -0.25) is 4.90 Å². The third-order valence-corrected chi connectivity index (χ3v) is 4.18. The van der Waals surface area contributed by atoms with E-state index in [9.17, 15) is 4.79 Å². The maximum absolute atomic E-state index is 10.9. The first-order chi connectivity index (χ1) is 9.04. The molecule has 0 fully saturated rings. The molecule has 19 heavy (non-hydrogen) atoms. The predicted octanol–water partition coefficient (Wildman–Crippen LogP) is 3.35. The maximum Gasteiger partial charge on any atom is 0.335 e. The van der Waals surface area contributed by atoms with Crippen molar-refractivity contribution < 1.29 is 9.90 Å². The number of benzene rings is 1. The number of hydrogen-bond acceptors (Lipinski definition) is 3. The molecule has 1 N–H and O–H groups in total. The van der Waals surface area contributed by atoms with Crippen LogP contribution in [0, 0.1) is 0 Å². The van der Waals surface area contributed by atoms with Crippen LogP contribution in [-0.2, 0) is 6.54 Å². The molecule has 1 rings (SSSR count). The molecule has 1 aromatic carbocycles. The summed E-state index contributed by atoms with van der Waals surface area (Å²) < 4.78 is 0. The van der Waals surface area contributed by atoms with Crippen LogP contribution in [0.2, 0.25) is 0 Å². The van der Waals surface area contributed by atoms with Gasteiger partial charge in [0.15, 0.2) is 0 Å². The number of aromatic carboxylic acids is 1. The van der Waals surface area contributed by atoms with Crippen LogP contribution in [0.25, 0.3) is 0 Å². The van der Waals surface area contributed by atoms with Gasteiger partial charge in [-0.25, -0.2) is 4.79 Å². The summed E-state index contributed by atoms with van der Waals surface area (Å²) in [5.41, 5.74) is 1.41. The first kappa shape index (κ1) is 16.1. The second-order valence-electron chi connectivity index (χ2n) is 4.76. The zero-order valence-corrected chi connectivity index (χ0v) is 12.7. The molecule has 0 saturated heterocycles. The number of carboxylic acid groups (broad SMARTS) is 1. The Labute approximate surface area is 120 Å². The van der Waals surface area contributed by atoms with E-state index >= 15 is 0 Å². The average Bonchev–Trinajstić information content (AvgIpc) is 2.39. The van der Waals surface area contributed by atoms with Gasteiger partial charge >= 0.3 is 5.97 Å². The second-order valence-corrected chi connectivity index (χ2v) is 6.15. The molecule has 0 amide bonds. The molecule has 106 valence electrons. The summed E-state index contributed by atoms with van der Waals surface area (Å²) in [4.78, 5) is 13.2. The molecule has 0 aliphatic carbocycles. The predicted molar refractivity (Wildman–Crippen MR) is 81.9 cm³/mol. The highest BCUT2D eigenvalue weighted by Gasteiger charge is 2.10. The van der Waals surface area contributed by atoms with Crippen molar-refractivity contribution in [1.82, 2.24) is 4.90 Å². The first-order valence-electron chi connectivity index (χ1n) is 6.64. The van der Waals surface area contributed by atoms with E-state index in [0.717, 1.165) is 24.3 Å². The molecule has 3 nitrogen and oxygen atoms in total. The average molecular weight is 281 g/mol. The van der Waals surface area contributed by atoms with Crippen LogP contribution < -0.4 is 0 Å². The fourth-order valence-corrected chi connectivity index (χ4v) is 2.66. The van der Waals surface area contributed by atoms with Gasteiger partial charge in [0.05, 0.1) is 5.56 Å². The Bertz CT molecular complexity index is 409. The van der Waals surface area contributed by atoms with Crippen molar-refractivity contribution in [2.24, 2.45) is 0 Å². The lowest BCUT2D eigenvalue weighted by molar-refractivity contribution is 0.0696. The van der Waals surface area contributed by atoms with Gasteiger partial charge in [0, 0.05) is 12.6 Å². The lowest BCUT2D eigenvalue weighted by atomic mass is 10.1. The Morgan fingerprint density at radius 1 is 1.47 bits per heavy atom. The minimum absolute atomic E-state index is 0.361. The first-order valence-corrected chi connectivity index (χ1v) is 7.80. The van der Waals surface area contributed by atoms with Gasteiger partial charge in [-0.05, 0) is 49.6 Å². The highest BCUT2D eigenvalue weighted by atomic mass is 32.2. The quantitative estimate of drug-likeness (QED) is 0.742. The van der Waals surface area contributed by atoms with Gasteiger partial charge in [0.25, 0.3) is 0 Å². The van der Waals surface area contributed by atoms with E-state index in [0.29, 0.717) is 11.6 Å². The molecule has 1 unspecified atom stereocenters. The largest absolute Gasteiger partial charge is 0.478 e. The summed E-state index contributed by atoms with van der Waals surface area (Å²) >= 11 is 1.96. The number of carbonyl (C=O) groups is 1. The molecule has 1 atom stereocenters. The Kier molecular flexibility index (Phi) is 6.95. The SMILES string of the molecule is CCSCCC(C)N(C)Cc1cccc(C(=O)O)c1. The molecule has 1 aromatic rings. The van der Waals surface area contributed by atoms with Gasteiger partial charge in [0.2, 0.25) is 0 Å². The van der Waals surface area contributed by atoms with Crippen molar-refractivity contribution in [3.8, 4) is 0 Å². The molecule has 4 heteroatoms. The molecule has 0 spiro atoms. The summed E-state index contributed by atoms with van der Waals surface area (Å²) in [5, 5.41) is 8.98. The van der Waals surface area contributed by atoms with Gasteiger partial charge in [0.1, 0.15) is 0 Å². The third kappa shape index (κ3) is 5.66. The number of nitrogens with zero attached hydrogens (tertiary/aromatic N) is 1.